The van der Waals surface area contributed by atoms with Crippen LogP contribution in [0.1, 0.15) is 25.8 Å². The van der Waals surface area contributed by atoms with Crippen LogP contribution < -0.4 is 10.5 Å². The average molecular weight is 279 g/mol. The van der Waals surface area contributed by atoms with E-state index in [4.69, 9.17) is 15.7 Å². The van der Waals surface area contributed by atoms with E-state index >= 15 is 0 Å². The van der Waals surface area contributed by atoms with Gasteiger partial charge in [-0.25, -0.2) is 0 Å². The normalized spacial score (nSPS) is 13.5. The van der Waals surface area contributed by atoms with Gasteiger partial charge in [0.15, 0.2) is 5.84 Å². The highest BCUT2D eigenvalue weighted by atomic mass is 16.5. The Kier molecular flexibility index (Phi) is 6.87. The second kappa shape index (κ2) is 8.43. The van der Waals surface area contributed by atoms with E-state index in [1.807, 2.05) is 12.1 Å². The largest absolute Gasteiger partial charge is 0.492 e. The number of nitrogens with zero attached hydrogens (tertiary/aromatic N) is 2. The van der Waals surface area contributed by atoms with E-state index in [-0.39, 0.29) is 5.84 Å². The summed E-state index contributed by atoms with van der Waals surface area (Å²) in [6, 6.07) is 7.19. The Labute approximate surface area is 121 Å². The lowest BCUT2D eigenvalue weighted by Crippen LogP contribution is -2.28. The number of likely N-dealkylation sites (N-methyl/N-ethyl adjacent to an activating group) is 1. The quantitative estimate of drug-likeness (QED) is 0.331. The molecule has 0 aliphatic carbocycles. The second-order valence-electron chi connectivity index (χ2n) is 5.13. The molecule has 0 bridgehead atoms. The molecule has 1 unspecified atom stereocenters. The smallest absolute Gasteiger partial charge is 0.170 e. The molecule has 1 aromatic carbocycles. The van der Waals surface area contributed by atoms with Gasteiger partial charge in [-0.3, -0.25) is 0 Å². The highest BCUT2D eigenvalue weighted by Crippen LogP contribution is 2.12. The maximum absolute atomic E-state index is 8.58. The summed E-state index contributed by atoms with van der Waals surface area (Å²) in [7, 11) is 2.11. The molecule has 0 spiro atoms. The third-order valence-electron chi connectivity index (χ3n) is 3.32. The number of oxime groups is 1. The molecule has 1 rings (SSSR count). The number of hydrogen-bond donors (Lipinski definition) is 2. The molecule has 5 nitrogen and oxygen atoms in total. The van der Waals surface area contributed by atoms with Gasteiger partial charge in [-0.1, -0.05) is 25.4 Å². The predicted octanol–water partition coefficient (Wildman–Crippen LogP) is 2.14. The Morgan fingerprint density at radius 3 is 2.60 bits per heavy atom. The average Bonchev–Trinajstić information content (AvgIpc) is 2.47. The molecule has 0 radical (unpaired) electrons. The maximum Gasteiger partial charge on any atom is 0.170 e. The summed E-state index contributed by atoms with van der Waals surface area (Å²) in [5.41, 5.74) is 6.17. The van der Waals surface area contributed by atoms with Crippen LogP contribution in [0.2, 0.25) is 0 Å². The van der Waals surface area contributed by atoms with Crippen LogP contribution >= 0.6 is 0 Å². The minimum atomic E-state index is 0.102. The molecule has 0 amide bonds. The molecule has 1 aromatic rings. The molecule has 0 fully saturated rings. The molecule has 5 heteroatoms. The number of benzene rings is 1. The van der Waals surface area contributed by atoms with Crippen molar-refractivity contribution < 1.29 is 9.94 Å². The highest BCUT2D eigenvalue weighted by Gasteiger charge is 2.05. The molecule has 3 N–H and O–H groups in total. The maximum atomic E-state index is 8.58. The van der Waals surface area contributed by atoms with E-state index in [2.05, 4.69) is 31.0 Å². The fraction of sp³-hybridized carbons (Fsp3) is 0.533. The van der Waals surface area contributed by atoms with Crippen LogP contribution in [0.4, 0.5) is 0 Å². The van der Waals surface area contributed by atoms with Gasteiger partial charge in [0.1, 0.15) is 12.4 Å². The standard InChI is InChI=1S/C15H25N3O2/c1-4-12(2)11-18(3)9-10-20-14-7-5-13(6-8-14)15(16)17-19/h5-8,12,19H,4,9-11H2,1-3H3,(H2,16,17). The van der Waals surface area contributed by atoms with Crippen molar-refractivity contribution in [3.63, 3.8) is 0 Å². The lowest BCUT2D eigenvalue weighted by atomic mass is 10.1. The van der Waals surface area contributed by atoms with Crippen molar-refractivity contribution in [3.8, 4) is 5.75 Å². The van der Waals surface area contributed by atoms with Crippen molar-refractivity contribution in [1.29, 1.82) is 0 Å². The van der Waals surface area contributed by atoms with Crippen molar-refractivity contribution in [1.82, 2.24) is 4.90 Å². The van der Waals surface area contributed by atoms with E-state index in [1.54, 1.807) is 12.1 Å². The van der Waals surface area contributed by atoms with Crippen LogP contribution in [0.25, 0.3) is 0 Å². The lowest BCUT2D eigenvalue weighted by molar-refractivity contribution is 0.217. The van der Waals surface area contributed by atoms with Gasteiger partial charge in [0.25, 0.3) is 0 Å². The molecule has 20 heavy (non-hydrogen) atoms. The first kappa shape index (κ1) is 16.3. The molecule has 0 heterocycles. The van der Waals surface area contributed by atoms with Crippen LogP contribution in [-0.2, 0) is 0 Å². The molecule has 0 saturated carbocycles. The topological polar surface area (TPSA) is 71.1 Å². The first-order chi connectivity index (χ1) is 9.56. The Hall–Kier alpha value is -1.75. The molecular formula is C15H25N3O2. The second-order valence-corrected chi connectivity index (χ2v) is 5.13. The molecule has 1 atom stereocenters. The zero-order valence-electron chi connectivity index (χ0n) is 12.5. The number of nitrogens with two attached hydrogens (primary N) is 1. The minimum Gasteiger partial charge on any atom is -0.492 e. The Bertz CT molecular complexity index is 418. The van der Waals surface area contributed by atoms with Gasteiger partial charge >= 0.3 is 0 Å². The Morgan fingerprint density at radius 1 is 1.40 bits per heavy atom. The van der Waals surface area contributed by atoms with E-state index < -0.39 is 0 Å². The third kappa shape index (κ3) is 5.48. The van der Waals surface area contributed by atoms with Crippen molar-refractivity contribution in [2.24, 2.45) is 16.8 Å². The van der Waals surface area contributed by atoms with Crippen LogP contribution in [0.3, 0.4) is 0 Å². The first-order valence-electron chi connectivity index (χ1n) is 6.96. The predicted molar refractivity (Wildman–Crippen MR) is 81.4 cm³/mol. The minimum absolute atomic E-state index is 0.102. The number of ether oxygens (including phenoxy) is 1. The third-order valence-corrected chi connectivity index (χ3v) is 3.32. The number of amidine groups is 1. The SMILES string of the molecule is CCC(C)CN(C)CCOc1ccc(C(N)=NO)cc1. The molecule has 0 aliphatic heterocycles. The van der Waals surface area contributed by atoms with Crippen LogP contribution in [-0.4, -0.2) is 42.7 Å². The van der Waals surface area contributed by atoms with Crippen molar-refractivity contribution >= 4 is 5.84 Å². The summed E-state index contributed by atoms with van der Waals surface area (Å²) in [5.74, 6) is 1.60. The summed E-state index contributed by atoms with van der Waals surface area (Å²) >= 11 is 0. The van der Waals surface area contributed by atoms with Gasteiger partial charge in [-0.05, 0) is 37.2 Å². The van der Waals surface area contributed by atoms with Crippen molar-refractivity contribution in [2.45, 2.75) is 20.3 Å². The van der Waals surface area contributed by atoms with Crippen LogP contribution in [0, 0.1) is 5.92 Å². The summed E-state index contributed by atoms with van der Waals surface area (Å²) in [6.07, 6.45) is 1.19. The lowest BCUT2D eigenvalue weighted by Gasteiger charge is -2.20. The summed E-state index contributed by atoms with van der Waals surface area (Å²) in [4.78, 5) is 2.28. The molecule has 0 aliphatic rings. The zero-order chi connectivity index (χ0) is 15.0. The molecule has 0 aromatic heterocycles. The van der Waals surface area contributed by atoms with Crippen molar-refractivity contribution in [2.75, 3.05) is 26.7 Å². The van der Waals surface area contributed by atoms with E-state index in [9.17, 15) is 0 Å². The van der Waals surface area contributed by atoms with Gasteiger partial charge in [-0.15, -0.1) is 0 Å². The monoisotopic (exact) mass is 279 g/mol. The number of rotatable bonds is 8. The van der Waals surface area contributed by atoms with E-state index in [0.29, 0.717) is 18.1 Å². The Morgan fingerprint density at radius 2 is 2.05 bits per heavy atom. The van der Waals surface area contributed by atoms with E-state index in [0.717, 1.165) is 18.8 Å². The van der Waals surface area contributed by atoms with E-state index in [1.165, 1.54) is 6.42 Å². The summed E-state index contributed by atoms with van der Waals surface area (Å²) in [5, 5.41) is 11.5. The van der Waals surface area contributed by atoms with Crippen LogP contribution in [0.15, 0.2) is 29.4 Å². The first-order valence-corrected chi connectivity index (χ1v) is 6.96. The summed E-state index contributed by atoms with van der Waals surface area (Å²) in [6.45, 7) is 7.09. The highest BCUT2D eigenvalue weighted by molar-refractivity contribution is 5.97. The molecule has 112 valence electrons. The van der Waals surface area contributed by atoms with Gasteiger partial charge in [0, 0.05) is 18.7 Å². The fourth-order valence-electron chi connectivity index (χ4n) is 1.85. The van der Waals surface area contributed by atoms with Crippen molar-refractivity contribution in [3.05, 3.63) is 29.8 Å². The van der Waals surface area contributed by atoms with Gasteiger partial charge in [0.05, 0.1) is 0 Å². The van der Waals surface area contributed by atoms with Gasteiger partial charge in [0.2, 0.25) is 0 Å². The van der Waals surface area contributed by atoms with Gasteiger partial charge < -0.3 is 20.6 Å². The molecule has 0 saturated heterocycles. The number of hydrogen-bond acceptors (Lipinski definition) is 4. The zero-order valence-corrected chi connectivity index (χ0v) is 12.5. The Balaban J connectivity index is 2.35. The van der Waals surface area contributed by atoms with Crippen LogP contribution in [0.5, 0.6) is 5.75 Å². The summed E-state index contributed by atoms with van der Waals surface area (Å²) < 4.78 is 5.68. The molecular weight excluding hydrogens is 254 g/mol. The van der Waals surface area contributed by atoms with Gasteiger partial charge in [-0.2, -0.15) is 0 Å². The fourth-order valence-corrected chi connectivity index (χ4v) is 1.85.